The summed E-state index contributed by atoms with van der Waals surface area (Å²) in [5.74, 6) is 0. The third-order valence-electron chi connectivity index (χ3n) is 3.11. The molecule has 0 unspecified atom stereocenters. The molecule has 0 atom stereocenters. The molecule has 0 radical (unpaired) electrons. The second kappa shape index (κ2) is 8.54. The molecule has 3 nitrogen and oxygen atoms in total. The highest BCUT2D eigenvalue weighted by Crippen LogP contribution is 2.30. The predicted octanol–water partition coefficient (Wildman–Crippen LogP) is 4.18. The highest BCUT2D eigenvalue weighted by molar-refractivity contribution is 7.98. The summed E-state index contributed by atoms with van der Waals surface area (Å²) >= 11 is 3.51. The molecule has 0 aliphatic carbocycles. The summed E-state index contributed by atoms with van der Waals surface area (Å²) in [5.41, 5.74) is 2.23. The zero-order valence-electron chi connectivity index (χ0n) is 12.8. The Bertz CT molecular complexity index is 552. The van der Waals surface area contributed by atoms with E-state index in [4.69, 9.17) is 9.72 Å². The number of thioether (sulfide) groups is 1. The van der Waals surface area contributed by atoms with E-state index in [2.05, 4.69) is 42.8 Å². The van der Waals surface area contributed by atoms with Gasteiger partial charge in [-0.1, -0.05) is 19.1 Å². The quantitative estimate of drug-likeness (QED) is 0.584. The summed E-state index contributed by atoms with van der Waals surface area (Å²) in [4.78, 5) is 7.30. The number of methoxy groups -OCH3 is 1. The van der Waals surface area contributed by atoms with Crippen molar-refractivity contribution in [2.24, 2.45) is 0 Å². The minimum atomic E-state index is 0.572. The fraction of sp³-hybridized carbons (Fsp3) is 0.438. The molecule has 0 fully saturated rings. The number of nitrogens with zero attached hydrogens (tertiary/aromatic N) is 1. The first-order valence-electron chi connectivity index (χ1n) is 7.11. The van der Waals surface area contributed by atoms with Crippen LogP contribution in [0.2, 0.25) is 0 Å². The Balaban J connectivity index is 2.20. The van der Waals surface area contributed by atoms with Crippen LogP contribution < -0.4 is 5.32 Å². The van der Waals surface area contributed by atoms with Crippen LogP contribution in [0, 0.1) is 0 Å². The van der Waals surface area contributed by atoms with Gasteiger partial charge in [0.2, 0.25) is 0 Å². The Morgan fingerprint density at radius 2 is 2.05 bits per heavy atom. The standard InChI is InChI=1S/C16H22N2OS2/c1-4-9-17-10-15-14(11-19-2)18-16(21-15)12-5-7-13(20-3)8-6-12/h5-8,17H,4,9-11H2,1-3H3. The number of aromatic nitrogens is 1. The second-order valence-electron chi connectivity index (χ2n) is 4.73. The highest BCUT2D eigenvalue weighted by Gasteiger charge is 2.12. The van der Waals surface area contributed by atoms with Crippen molar-refractivity contribution in [1.82, 2.24) is 10.3 Å². The average Bonchev–Trinajstić information content (AvgIpc) is 2.91. The van der Waals surface area contributed by atoms with Gasteiger partial charge in [-0.15, -0.1) is 23.1 Å². The van der Waals surface area contributed by atoms with Crippen LogP contribution in [-0.4, -0.2) is 24.9 Å². The molecule has 0 bridgehead atoms. The summed E-state index contributed by atoms with van der Waals surface area (Å²) in [6, 6.07) is 8.58. The van der Waals surface area contributed by atoms with Crippen molar-refractivity contribution in [3.05, 3.63) is 34.8 Å². The molecular weight excluding hydrogens is 300 g/mol. The van der Waals surface area contributed by atoms with E-state index >= 15 is 0 Å². The first kappa shape index (κ1) is 16.5. The van der Waals surface area contributed by atoms with Gasteiger partial charge in [-0.2, -0.15) is 0 Å². The van der Waals surface area contributed by atoms with E-state index in [1.165, 1.54) is 15.3 Å². The van der Waals surface area contributed by atoms with E-state index in [1.807, 2.05) is 0 Å². The fourth-order valence-corrected chi connectivity index (χ4v) is 3.45. The van der Waals surface area contributed by atoms with Crippen molar-refractivity contribution >= 4 is 23.1 Å². The van der Waals surface area contributed by atoms with E-state index in [9.17, 15) is 0 Å². The van der Waals surface area contributed by atoms with Crippen molar-refractivity contribution in [2.75, 3.05) is 19.9 Å². The average molecular weight is 322 g/mol. The van der Waals surface area contributed by atoms with Crippen LogP contribution in [0.3, 0.4) is 0 Å². The predicted molar refractivity (Wildman–Crippen MR) is 92.0 cm³/mol. The van der Waals surface area contributed by atoms with Gasteiger partial charge in [0, 0.05) is 29.0 Å². The Kier molecular flexibility index (Phi) is 6.70. The first-order valence-corrected chi connectivity index (χ1v) is 9.15. The Labute approximate surface area is 135 Å². The number of benzene rings is 1. The van der Waals surface area contributed by atoms with Crippen LogP contribution in [0.1, 0.15) is 23.9 Å². The van der Waals surface area contributed by atoms with Crippen LogP contribution in [0.4, 0.5) is 0 Å². The molecule has 2 rings (SSSR count). The zero-order valence-corrected chi connectivity index (χ0v) is 14.4. The molecular formula is C16H22N2OS2. The molecule has 0 saturated carbocycles. The lowest BCUT2D eigenvalue weighted by molar-refractivity contribution is 0.181. The molecule has 21 heavy (non-hydrogen) atoms. The number of hydrogen-bond acceptors (Lipinski definition) is 5. The third kappa shape index (κ3) is 4.54. The molecule has 1 aromatic heterocycles. The van der Waals surface area contributed by atoms with Crippen molar-refractivity contribution < 1.29 is 4.74 Å². The van der Waals surface area contributed by atoms with E-state index in [-0.39, 0.29) is 0 Å². The van der Waals surface area contributed by atoms with Crippen molar-refractivity contribution in [3.63, 3.8) is 0 Å². The summed E-state index contributed by atoms with van der Waals surface area (Å²) in [6.45, 7) is 4.65. The molecule has 1 aromatic carbocycles. The molecule has 1 N–H and O–H groups in total. The number of hydrogen-bond donors (Lipinski definition) is 1. The van der Waals surface area contributed by atoms with Crippen molar-refractivity contribution in [2.45, 2.75) is 31.4 Å². The van der Waals surface area contributed by atoms with Gasteiger partial charge in [0.25, 0.3) is 0 Å². The Morgan fingerprint density at radius 1 is 1.29 bits per heavy atom. The maximum absolute atomic E-state index is 5.27. The van der Waals surface area contributed by atoms with Gasteiger partial charge in [0.15, 0.2) is 0 Å². The van der Waals surface area contributed by atoms with E-state index < -0.39 is 0 Å². The van der Waals surface area contributed by atoms with Crippen LogP contribution in [-0.2, 0) is 17.9 Å². The molecule has 0 saturated heterocycles. The van der Waals surface area contributed by atoms with Crippen molar-refractivity contribution in [3.8, 4) is 10.6 Å². The summed E-state index contributed by atoms with van der Waals surface area (Å²) in [7, 11) is 1.72. The number of nitrogens with one attached hydrogen (secondary N) is 1. The topological polar surface area (TPSA) is 34.2 Å². The fourth-order valence-electron chi connectivity index (χ4n) is 2.01. The van der Waals surface area contributed by atoms with Crippen LogP contribution in [0.25, 0.3) is 10.6 Å². The van der Waals surface area contributed by atoms with Gasteiger partial charge >= 0.3 is 0 Å². The van der Waals surface area contributed by atoms with Gasteiger partial charge in [-0.3, -0.25) is 0 Å². The molecule has 0 aliphatic rings. The maximum atomic E-state index is 5.27. The summed E-state index contributed by atoms with van der Waals surface area (Å²) in [6.07, 6.45) is 3.23. The smallest absolute Gasteiger partial charge is 0.124 e. The number of thiazole rings is 1. The molecule has 114 valence electrons. The lowest BCUT2D eigenvalue weighted by Crippen LogP contribution is -2.14. The van der Waals surface area contributed by atoms with E-state index in [1.54, 1.807) is 30.2 Å². The molecule has 1 heterocycles. The lowest BCUT2D eigenvalue weighted by atomic mass is 10.2. The lowest BCUT2D eigenvalue weighted by Gasteiger charge is -2.02. The monoisotopic (exact) mass is 322 g/mol. The number of rotatable bonds is 8. The van der Waals surface area contributed by atoms with Crippen molar-refractivity contribution in [1.29, 1.82) is 0 Å². The highest BCUT2D eigenvalue weighted by atomic mass is 32.2. The minimum Gasteiger partial charge on any atom is -0.378 e. The van der Waals surface area contributed by atoms with Gasteiger partial charge in [0.1, 0.15) is 5.01 Å². The zero-order chi connectivity index (χ0) is 15.1. The first-order chi connectivity index (χ1) is 10.3. The van der Waals surface area contributed by atoms with Crippen LogP contribution in [0.5, 0.6) is 0 Å². The van der Waals surface area contributed by atoms with Gasteiger partial charge < -0.3 is 10.1 Å². The molecule has 2 aromatic rings. The maximum Gasteiger partial charge on any atom is 0.124 e. The number of ether oxygens (including phenoxy) is 1. The van der Waals surface area contributed by atoms with Gasteiger partial charge in [-0.05, 0) is 31.4 Å². The molecule has 0 spiro atoms. The van der Waals surface area contributed by atoms with Crippen LogP contribution in [0.15, 0.2) is 29.2 Å². The minimum absolute atomic E-state index is 0.572. The third-order valence-corrected chi connectivity index (χ3v) is 5.00. The summed E-state index contributed by atoms with van der Waals surface area (Å²) < 4.78 is 5.27. The van der Waals surface area contributed by atoms with E-state index in [0.29, 0.717) is 6.61 Å². The molecule has 0 amide bonds. The van der Waals surface area contributed by atoms with Gasteiger partial charge in [0.05, 0.1) is 12.3 Å². The SMILES string of the molecule is CCCNCc1sc(-c2ccc(SC)cc2)nc1COC. The Morgan fingerprint density at radius 3 is 2.67 bits per heavy atom. The summed E-state index contributed by atoms with van der Waals surface area (Å²) in [5, 5.41) is 4.52. The van der Waals surface area contributed by atoms with Gasteiger partial charge in [-0.25, -0.2) is 4.98 Å². The Hall–Kier alpha value is -0.880. The largest absolute Gasteiger partial charge is 0.378 e. The van der Waals surface area contributed by atoms with Crippen LogP contribution >= 0.6 is 23.1 Å². The molecule has 5 heteroatoms. The molecule has 0 aliphatic heterocycles. The van der Waals surface area contributed by atoms with E-state index in [0.717, 1.165) is 30.2 Å². The normalized spacial score (nSPS) is 11.0. The second-order valence-corrected chi connectivity index (χ2v) is 6.69.